The Kier molecular flexibility index (Phi) is 5.74. The first-order valence-electron chi connectivity index (χ1n) is 10.2. The molecule has 2 heterocycles. The van der Waals surface area contributed by atoms with Crippen molar-refractivity contribution in [3.05, 3.63) is 54.1 Å². The van der Waals surface area contributed by atoms with Crippen LogP contribution in [0.4, 0.5) is 0 Å². The molecule has 1 aromatic heterocycles. The number of carbonyl (C=O) groups excluding carboxylic acids is 2. The van der Waals surface area contributed by atoms with Crippen molar-refractivity contribution < 1.29 is 19.1 Å². The molecule has 2 aromatic carbocycles. The van der Waals surface area contributed by atoms with Crippen molar-refractivity contribution in [3.8, 4) is 17.0 Å². The van der Waals surface area contributed by atoms with Crippen LogP contribution >= 0.6 is 0 Å². The number of H-pyrrole nitrogens is 1. The number of aromatic amines is 1. The van der Waals surface area contributed by atoms with Gasteiger partial charge in [-0.1, -0.05) is 18.2 Å². The first-order chi connectivity index (χ1) is 14.6. The van der Waals surface area contributed by atoms with E-state index in [2.05, 4.69) is 11.1 Å². The second kappa shape index (κ2) is 8.61. The largest absolute Gasteiger partial charge is 0.497 e. The number of benzene rings is 2. The van der Waals surface area contributed by atoms with Crippen LogP contribution < -0.4 is 4.74 Å². The van der Waals surface area contributed by atoms with Crippen LogP contribution in [0.15, 0.2) is 48.5 Å². The van der Waals surface area contributed by atoms with Gasteiger partial charge in [0.05, 0.1) is 14.2 Å². The lowest BCUT2D eigenvalue weighted by Gasteiger charge is -2.22. The molecule has 1 saturated heterocycles. The van der Waals surface area contributed by atoms with Crippen molar-refractivity contribution in [3.63, 3.8) is 0 Å². The average Bonchev–Trinajstić information content (AvgIpc) is 3.42. The SMILES string of the molecule is COC(=O)C1CCCN1C(=O)CCc1c(-c2ccc(OC)cc2)[nH]c2ccccc12. The van der Waals surface area contributed by atoms with Gasteiger partial charge in [0.1, 0.15) is 11.8 Å². The third-order valence-electron chi connectivity index (χ3n) is 5.83. The number of rotatable bonds is 6. The smallest absolute Gasteiger partial charge is 0.328 e. The quantitative estimate of drug-likeness (QED) is 0.630. The Morgan fingerprint density at radius 1 is 1.10 bits per heavy atom. The Balaban J connectivity index is 1.60. The zero-order valence-electron chi connectivity index (χ0n) is 17.3. The maximum absolute atomic E-state index is 12.9. The van der Waals surface area contributed by atoms with Gasteiger partial charge in [0.25, 0.3) is 0 Å². The van der Waals surface area contributed by atoms with Crippen LogP contribution in [0.5, 0.6) is 5.75 Å². The van der Waals surface area contributed by atoms with Crippen molar-refractivity contribution in [2.24, 2.45) is 0 Å². The van der Waals surface area contributed by atoms with E-state index in [9.17, 15) is 9.59 Å². The highest BCUT2D eigenvalue weighted by molar-refractivity contribution is 5.92. The van der Waals surface area contributed by atoms with Gasteiger partial charge in [0, 0.05) is 29.6 Å². The molecule has 1 aliphatic heterocycles. The molecular formula is C24H26N2O4. The third kappa shape index (κ3) is 3.77. The highest BCUT2D eigenvalue weighted by atomic mass is 16.5. The third-order valence-corrected chi connectivity index (χ3v) is 5.83. The zero-order chi connectivity index (χ0) is 21.1. The molecule has 6 heteroatoms. The normalized spacial score (nSPS) is 16.1. The first kappa shape index (κ1) is 20.0. The summed E-state index contributed by atoms with van der Waals surface area (Å²) >= 11 is 0. The number of amides is 1. The van der Waals surface area contributed by atoms with E-state index in [1.54, 1.807) is 12.0 Å². The van der Waals surface area contributed by atoms with Gasteiger partial charge in [0.15, 0.2) is 0 Å². The number of esters is 1. The summed E-state index contributed by atoms with van der Waals surface area (Å²) in [7, 11) is 3.02. The number of para-hydroxylation sites is 1. The number of hydrogen-bond acceptors (Lipinski definition) is 4. The van der Waals surface area contributed by atoms with Gasteiger partial charge in [-0.05, 0) is 60.7 Å². The van der Waals surface area contributed by atoms with Crippen LogP contribution in [-0.4, -0.2) is 48.6 Å². The molecular weight excluding hydrogens is 380 g/mol. The Morgan fingerprint density at radius 3 is 2.60 bits per heavy atom. The predicted molar refractivity (Wildman–Crippen MR) is 115 cm³/mol. The summed E-state index contributed by atoms with van der Waals surface area (Å²) in [6, 6.07) is 15.6. The second-order valence-corrected chi connectivity index (χ2v) is 7.52. The van der Waals surface area contributed by atoms with E-state index in [1.165, 1.54) is 7.11 Å². The molecule has 1 fully saturated rings. The van der Waals surface area contributed by atoms with E-state index in [-0.39, 0.29) is 11.9 Å². The molecule has 1 unspecified atom stereocenters. The Morgan fingerprint density at radius 2 is 1.87 bits per heavy atom. The van der Waals surface area contributed by atoms with E-state index in [0.29, 0.717) is 25.8 Å². The highest BCUT2D eigenvalue weighted by Crippen LogP contribution is 2.32. The van der Waals surface area contributed by atoms with Gasteiger partial charge in [-0.3, -0.25) is 4.79 Å². The Hall–Kier alpha value is -3.28. The number of nitrogens with one attached hydrogen (secondary N) is 1. The summed E-state index contributed by atoms with van der Waals surface area (Å²) in [5.41, 5.74) is 4.21. The minimum atomic E-state index is -0.452. The van der Waals surface area contributed by atoms with E-state index >= 15 is 0 Å². The summed E-state index contributed by atoms with van der Waals surface area (Å²) < 4.78 is 10.1. The van der Waals surface area contributed by atoms with Gasteiger partial charge in [-0.15, -0.1) is 0 Å². The Labute approximate surface area is 175 Å². The number of likely N-dealkylation sites (tertiary alicyclic amines) is 1. The number of hydrogen-bond donors (Lipinski definition) is 1. The van der Waals surface area contributed by atoms with Gasteiger partial charge in [-0.25, -0.2) is 4.79 Å². The summed E-state index contributed by atoms with van der Waals surface area (Å²) in [4.78, 5) is 30.1. The average molecular weight is 406 g/mol. The fourth-order valence-corrected chi connectivity index (χ4v) is 4.29. The van der Waals surface area contributed by atoms with Gasteiger partial charge in [-0.2, -0.15) is 0 Å². The zero-order valence-corrected chi connectivity index (χ0v) is 17.3. The van der Waals surface area contributed by atoms with Crippen molar-refractivity contribution >= 4 is 22.8 Å². The molecule has 156 valence electrons. The molecule has 1 amide bonds. The van der Waals surface area contributed by atoms with E-state index in [1.807, 2.05) is 42.5 Å². The predicted octanol–water partition coefficient (Wildman–Crippen LogP) is 3.94. The molecule has 30 heavy (non-hydrogen) atoms. The van der Waals surface area contributed by atoms with Crippen molar-refractivity contribution in [2.75, 3.05) is 20.8 Å². The number of carbonyl (C=O) groups is 2. The fourth-order valence-electron chi connectivity index (χ4n) is 4.29. The second-order valence-electron chi connectivity index (χ2n) is 7.52. The lowest BCUT2D eigenvalue weighted by molar-refractivity contribution is -0.150. The van der Waals surface area contributed by atoms with Crippen LogP contribution in [0.2, 0.25) is 0 Å². The monoisotopic (exact) mass is 406 g/mol. The first-order valence-corrected chi connectivity index (χ1v) is 10.2. The molecule has 0 saturated carbocycles. The standard InChI is InChI=1S/C24H26N2O4/c1-29-17-11-9-16(10-12-17)23-19(18-6-3-4-7-20(18)25-23)13-14-22(27)26-15-5-8-21(26)24(28)30-2/h3-4,6-7,9-12,21,25H,5,8,13-15H2,1-2H3. The summed E-state index contributed by atoms with van der Waals surface area (Å²) in [6.07, 6.45) is 2.44. The number of aryl methyl sites for hydroxylation is 1. The summed E-state index contributed by atoms with van der Waals surface area (Å²) in [6.45, 7) is 0.609. The van der Waals surface area contributed by atoms with Crippen LogP contribution in [0, 0.1) is 0 Å². The lowest BCUT2D eigenvalue weighted by Crippen LogP contribution is -2.41. The van der Waals surface area contributed by atoms with Crippen LogP contribution in [0.3, 0.4) is 0 Å². The number of methoxy groups -OCH3 is 2. The highest BCUT2D eigenvalue weighted by Gasteiger charge is 2.34. The minimum absolute atomic E-state index is 0.00568. The molecule has 3 aromatic rings. The molecule has 0 spiro atoms. The van der Waals surface area contributed by atoms with Crippen LogP contribution in [0.25, 0.3) is 22.2 Å². The number of ether oxygens (including phenoxy) is 2. The molecule has 1 N–H and O–H groups in total. The molecule has 6 nitrogen and oxygen atoms in total. The molecule has 1 aliphatic rings. The molecule has 0 radical (unpaired) electrons. The minimum Gasteiger partial charge on any atom is -0.497 e. The maximum atomic E-state index is 12.9. The summed E-state index contributed by atoms with van der Waals surface area (Å²) in [5.74, 6) is 0.468. The Bertz CT molecular complexity index is 1050. The van der Waals surface area contributed by atoms with Gasteiger partial charge in [0.2, 0.25) is 5.91 Å². The topological polar surface area (TPSA) is 71.6 Å². The molecule has 1 atom stereocenters. The van der Waals surface area contributed by atoms with Gasteiger partial charge < -0.3 is 19.4 Å². The fraction of sp³-hybridized carbons (Fsp3) is 0.333. The number of aromatic nitrogens is 1. The number of nitrogens with zero attached hydrogens (tertiary/aromatic N) is 1. The van der Waals surface area contributed by atoms with Gasteiger partial charge >= 0.3 is 5.97 Å². The van der Waals surface area contributed by atoms with Crippen LogP contribution in [-0.2, 0) is 20.7 Å². The van der Waals surface area contributed by atoms with Crippen LogP contribution in [0.1, 0.15) is 24.8 Å². The molecule has 0 aliphatic carbocycles. The van der Waals surface area contributed by atoms with Crippen molar-refractivity contribution in [1.82, 2.24) is 9.88 Å². The van der Waals surface area contributed by atoms with Crippen molar-refractivity contribution in [2.45, 2.75) is 31.7 Å². The molecule has 4 rings (SSSR count). The number of fused-ring (bicyclic) bond motifs is 1. The maximum Gasteiger partial charge on any atom is 0.328 e. The van der Waals surface area contributed by atoms with Crippen molar-refractivity contribution in [1.29, 1.82) is 0 Å². The van der Waals surface area contributed by atoms with E-state index in [4.69, 9.17) is 9.47 Å². The van der Waals surface area contributed by atoms with E-state index in [0.717, 1.165) is 39.9 Å². The summed E-state index contributed by atoms with van der Waals surface area (Å²) in [5, 5.41) is 1.11. The van der Waals surface area contributed by atoms with E-state index < -0.39 is 6.04 Å². The molecule has 0 bridgehead atoms. The lowest BCUT2D eigenvalue weighted by atomic mass is 10.0.